The molecule has 0 N–H and O–H groups in total. The molecule has 0 fully saturated rings. The van der Waals surface area contributed by atoms with Crippen LogP contribution in [0.4, 0.5) is 11.4 Å². The van der Waals surface area contributed by atoms with E-state index in [0.717, 1.165) is 11.1 Å². The monoisotopic (exact) mass is 248 g/mol. The van der Waals surface area contributed by atoms with Gasteiger partial charge in [-0.3, -0.25) is 0 Å². The van der Waals surface area contributed by atoms with Crippen LogP contribution in [-0.2, 0) is 0 Å². The molecule has 2 aromatic rings. The van der Waals surface area contributed by atoms with Gasteiger partial charge in [0.2, 0.25) is 0 Å². The highest BCUT2D eigenvalue weighted by molar-refractivity contribution is 5.61. The predicted octanol–water partition coefficient (Wildman–Crippen LogP) is 5.20. The fourth-order valence-electron chi connectivity index (χ4n) is 1.79. The third-order valence-corrected chi connectivity index (χ3v) is 2.97. The van der Waals surface area contributed by atoms with Gasteiger partial charge in [0.25, 0.3) is 0 Å². The molecule has 92 valence electrons. The molecule has 2 aromatic carbocycles. The molecule has 19 heavy (non-hydrogen) atoms. The lowest BCUT2D eigenvalue weighted by Gasteiger charge is -2.12. The fourth-order valence-corrected chi connectivity index (χ4v) is 1.79. The topological polar surface area (TPSA) is 17.9 Å². The molecule has 0 aromatic heterocycles. The predicted molar refractivity (Wildman–Crippen MR) is 75.0 cm³/mol. The molecule has 0 spiro atoms. The van der Waals surface area contributed by atoms with Crippen LogP contribution in [0.1, 0.15) is 11.1 Å². The normalized spacial score (nSPS) is 9.47. The van der Waals surface area contributed by atoms with E-state index < -0.39 is 0 Å². The maximum absolute atomic E-state index is 7.10. The molecule has 0 saturated heterocycles. The van der Waals surface area contributed by atoms with Crippen molar-refractivity contribution < 1.29 is 4.74 Å². The highest BCUT2D eigenvalue weighted by atomic mass is 16.5. The Hall–Kier alpha value is -2.78. The van der Waals surface area contributed by atoms with E-state index in [1.807, 2.05) is 26.0 Å². The summed E-state index contributed by atoms with van der Waals surface area (Å²) < 4.78 is 5.84. The van der Waals surface area contributed by atoms with Gasteiger partial charge in [-0.25, -0.2) is 9.69 Å². The van der Waals surface area contributed by atoms with Crippen LogP contribution >= 0.6 is 0 Å². The standard InChI is InChI=1S/C16H12N2O/c1-11-13(17-3)7-5-9-15(11)19-16-10-6-8-14(18-4)12(16)2/h5-10H,1-2H3. The third-order valence-electron chi connectivity index (χ3n) is 2.97. The van der Waals surface area contributed by atoms with Crippen molar-refractivity contribution in [3.63, 3.8) is 0 Å². The molecule has 0 unspecified atom stereocenters. The highest BCUT2D eigenvalue weighted by Crippen LogP contribution is 2.35. The number of nitrogens with zero attached hydrogens (tertiary/aromatic N) is 2. The molecule has 0 saturated carbocycles. The lowest BCUT2D eigenvalue weighted by atomic mass is 10.1. The summed E-state index contributed by atoms with van der Waals surface area (Å²) in [6, 6.07) is 10.8. The summed E-state index contributed by atoms with van der Waals surface area (Å²) in [6.45, 7) is 17.9. The van der Waals surface area contributed by atoms with E-state index in [1.54, 1.807) is 24.3 Å². The maximum Gasteiger partial charge on any atom is 0.193 e. The van der Waals surface area contributed by atoms with Crippen molar-refractivity contribution in [1.29, 1.82) is 0 Å². The van der Waals surface area contributed by atoms with Gasteiger partial charge in [0.05, 0.1) is 13.1 Å². The lowest BCUT2D eigenvalue weighted by Crippen LogP contribution is -1.90. The third kappa shape index (κ3) is 2.41. The van der Waals surface area contributed by atoms with E-state index in [0.29, 0.717) is 22.9 Å². The maximum atomic E-state index is 7.10. The first-order valence-corrected chi connectivity index (χ1v) is 5.79. The Morgan fingerprint density at radius 3 is 1.58 bits per heavy atom. The fraction of sp³-hybridized carbons (Fsp3) is 0.125. The van der Waals surface area contributed by atoms with Gasteiger partial charge in [-0.2, -0.15) is 0 Å². The molecule has 2 rings (SSSR count). The van der Waals surface area contributed by atoms with Crippen LogP contribution in [0, 0.1) is 27.0 Å². The van der Waals surface area contributed by atoms with E-state index in [-0.39, 0.29) is 0 Å². The molecular formula is C16H12N2O. The molecule has 3 heteroatoms. The summed E-state index contributed by atoms with van der Waals surface area (Å²) in [5, 5.41) is 0. The molecule has 3 nitrogen and oxygen atoms in total. The first-order chi connectivity index (χ1) is 9.17. The zero-order valence-corrected chi connectivity index (χ0v) is 10.8. The zero-order valence-electron chi connectivity index (χ0n) is 10.8. The molecule has 0 heterocycles. The van der Waals surface area contributed by atoms with Crippen LogP contribution in [0.3, 0.4) is 0 Å². The Bertz CT molecular complexity index is 644. The van der Waals surface area contributed by atoms with Gasteiger partial charge in [0.1, 0.15) is 11.5 Å². The van der Waals surface area contributed by atoms with Crippen molar-refractivity contribution in [3.05, 3.63) is 70.4 Å². The quantitative estimate of drug-likeness (QED) is 0.668. The minimum atomic E-state index is 0.580. The van der Waals surface area contributed by atoms with Crippen LogP contribution in [0.2, 0.25) is 0 Å². The van der Waals surface area contributed by atoms with E-state index in [2.05, 4.69) is 9.69 Å². The summed E-state index contributed by atoms with van der Waals surface area (Å²) in [4.78, 5) is 6.90. The van der Waals surface area contributed by atoms with E-state index in [9.17, 15) is 0 Å². The summed E-state index contributed by atoms with van der Waals surface area (Å²) >= 11 is 0. The van der Waals surface area contributed by atoms with Gasteiger partial charge >= 0.3 is 0 Å². The highest BCUT2D eigenvalue weighted by Gasteiger charge is 2.09. The Morgan fingerprint density at radius 1 is 0.789 bits per heavy atom. The van der Waals surface area contributed by atoms with Crippen molar-refractivity contribution in [3.8, 4) is 11.5 Å². The second kappa shape index (κ2) is 5.25. The number of benzene rings is 2. The van der Waals surface area contributed by atoms with Crippen molar-refractivity contribution in [1.82, 2.24) is 0 Å². The van der Waals surface area contributed by atoms with E-state index in [4.69, 9.17) is 17.9 Å². The smallest absolute Gasteiger partial charge is 0.193 e. The van der Waals surface area contributed by atoms with Gasteiger partial charge in [-0.1, -0.05) is 24.3 Å². The number of hydrogen-bond acceptors (Lipinski definition) is 1. The Labute approximate surface area is 112 Å². The number of ether oxygens (including phenoxy) is 1. The van der Waals surface area contributed by atoms with Crippen molar-refractivity contribution in [2.45, 2.75) is 13.8 Å². The number of rotatable bonds is 2. The second-order valence-electron chi connectivity index (χ2n) is 4.13. The summed E-state index contributed by atoms with van der Waals surface area (Å²) in [6.07, 6.45) is 0. The SMILES string of the molecule is [C-]#[N+]c1cccc(Oc2cccc([N+]#[C-])c2C)c1C. The average Bonchev–Trinajstić information content (AvgIpc) is 2.43. The zero-order chi connectivity index (χ0) is 13.8. The largest absolute Gasteiger partial charge is 0.459 e. The van der Waals surface area contributed by atoms with Crippen molar-refractivity contribution in [2.24, 2.45) is 0 Å². The van der Waals surface area contributed by atoms with Crippen molar-refractivity contribution >= 4 is 11.4 Å². The Kier molecular flexibility index (Phi) is 3.50. The van der Waals surface area contributed by atoms with Crippen LogP contribution < -0.4 is 4.74 Å². The minimum Gasteiger partial charge on any atom is -0.459 e. The van der Waals surface area contributed by atoms with Crippen LogP contribution in [0.5, 0.6) is 11.5 Å². The van der Waals surface area contributed by atoms with Crippen LogP contribution in [0.15, 0.2) is 36.4 Å². The van der Waals surface area contributed by atoms with E-state index in [1.165, 1.54) is 0 Å². The van der Waals surface area contributed by atoms with Gasteiger partial charge in [-0.05, 0) is 37.1 Å². The first kappa shape index (κ1) is 12.7. The van der Waals surface area contributed by atoms with Gasteiger partial charge in [0, 0.05) is 0 Å². The van der Waals surface area contributed by atoms with Crippen molar-refractivity contribution in [2.75, 3.05) is 0 Å². The van der Waals surface area contributed by atoms with Gasteiger partial charge in [0.15, 0.2) is 11.4 Å². The molecule has 0 atom stereocenters. The molecule has 0 radical (unpaired) electrons. The average molecular weight is 248 g/mol. The second-order valence-corrected chi connectivity index (χ2v) is 4.13. The molecule has 0 bridgehead atoms. The molecule has 0 aliphatic rings. The van der Waals surface area contributed by atoms with E-state index >= 15 is 0 Å². The number of hydrogen-bond donors (Lipinski definition) is 0. The minimum absolute atomic E-state index is 0.580. The summed E-state index contributed by atoms with van der Waals surface area (Å²) in [7, 11) is 0. The van der Waals surface area contributed by atoms with Crippen LogP contribution in [-0.4, -0.2) is 0 Å². The Balaban J connectivity index is 2.44. The first-order valence-electron chi connectivity index (χ1n) is 5.79. The molecule has 0 aliphatic carbocycles. The van der Waals surface area contributed by atoms with Crippen LogP contribution in [0.25, 0.3) is 9.69 Å². The van der Waals surface area contributed by atoms with Gasteiger partial charge in [-0.15, -0.1) is 0 Å². The molecule has 0 amide bonds. The molecule has 0 aliphatic heterocycles. The summed E-state index contributed by atoms with van der Waals surface area (Å²) in [5.74, 6) is 1.30. The lowest BCUT2D eigenvalue weighted by molar-refractivity contribution is 0.476. The summed E-state index contributed by atoms with van der Waals surface area (Å²) in [5.41, 5.74) is 2.78. The molecular weight excluding hydrogens is 236 g/mol. The Morgan fingerprint density at radius 2 is 1.21 bits per heavy atom. The van der Waals surface area contributed by atoms with Gasteiger partial charge < -0.3 is 4.74 Å².